The third-order valence-electron chi connectivity index (χ3n) is 2.79. The van der Waals surface area contributed by atoms with E-state index in [0.717, 1.165) is 0 Å². The van der Waals surface area contributed by atoms with Gasteiger partial charge in [0.1, 0.15) is 6.04 Å². The standard InChI is InChI=1S/C14H18N2O4/c1-9(13(18)16(2)3)15-12(17)8-10-6-4-5-7-11(10)14(19)20/h4-7,9H,8H2,1-3H3,(H,15,17)(H,19,20). The van der Waals surface area contributed by atoms with Gasteiger partial charge in [0.15, 0.2) is 0 Å². The monoisotopic (exact) mass is 278 g/mol. The normalized spacial score (nSPS) is 11.6. The second-order valence-corrected chi connectivity index (χ2v) is 4.66. The number of carbonyl (C=O) groups is 3. The van der Waals surface area contributed by atoms with Crippen molar-refractivity contribution < 1.29 is 19.5 Å². The number of hydrogen-bond acceptors (Lipinski definition) is 3. The summed E-state index contributed by atoms with van der Waals surface area (Å²) in [6.45, 7) is 1.59. The first-order chi connectivity index (χ1) is 9.32. The second kappa shape index (κ2) is 6.70. The fourth-order valence-corrected chi connectivity index (χ4v) is 1.80. The van der Waals surface area contributed by atoms with Crippen molar-refractivity contribution in [3.8, 4) is 0 Å². The Hall–Kier alpha value is -2.37. The van der Waals surface area contributed by atoms with Gasteiger partial charge in [0, 0.05) is 14.1 Å². The molecule has 0 fully saturated rings. The van der Waals surface area contributed by atoms with Gasteiger partial charge in [-0.25, -0.2) is 4.79 Å². The number of nitrogens with one attached hydrogen (secondary N) is 1. The lowest BCUT2D eigenvalue weighted by Gasteiger charge is -2.18. The Morgan fingerprint density at radius 1 is 1.25 bits per heavy atom. The molecule has 0 heterocycles. The van der Waals surface area contributed by atoms with E-state index >= 15 is 0 Å². The van der Waals surface area contributed by atoms with E-state index in [9.17, 15) is 14.4 Å². The molecule has 20 heavy (non-hydrogen) atoms. The highest BCUT2D eigenvalue weighted by Crippen LogP contribution is 2.09. The van der Waals surface area contributed by atoms with Gasteiger partial charge in [-0.1, -0.05) is 18.2 Å². The number of benzene rings is 1. The van der Waals surface area contributed by atoms with Crippen LogP contribution >= 0.6 is 0 Å². The number of rotatable bonds is 5. The largest absolute Gasteiger partial charge is 0.478 e. The van der Waals surface area contributed by atoms with Gasteiger partial charge in [-0.3, -0.25) is 9.59 Å². The summed E-state index contributed by atoms with van der Waals surface area (Å²) >= 11 is 0. The number of amides is 2. The molecule has 1 aromatic rings. The van der Waals surface area contributed by atoms with Gasteiger partial charge >= 0.3 is 5.97 Å². The summed E-state index contributed by atoms with van der Waals surface area (Å²) in [4.78, 5) is 35.9. The molecule has 6 heteroatoms. The van der Waals surface area contributed by atoms with Gasteiger partial charge in [0.05, 0.1) is 12.0 Å². The number of carbonyl (C=O) groups excluding carboxylic acids is 2. The molecular weight excluding hydrogens is 260 g/mol. The first-order valence-corrected chi connectivity index (χ1v) is 6.14. The molecule has 0 aromatic heterocycles. The van der Waals surface area contributed by atoms with Crippen molar-refractivity contribution in [3.05, 3.63) is 35.4 Å². The van der Waals surface area contributed by atoms with Crippen molar-refractivity contribution in [2.75, 3.05) is 14.1 Å². The Morgan fingerprint density at radius 2 is 1.85 bits per heavy atom. The van der Waals surface area contributed by atoms with E-state index in [1.165, 1.54) is 11.0 Å². The minimum absolute atomic E-state index is 0.0759. The van der Waals surface area contributed by atoms with Crippen LogP contribution in [0, 0.1) is 0 Å². The molecule has 0 spiro atoms. The van der Waals surface area contributed by atoms with Crippen molar-refractivity contribution in [2.24, 2.45) is 0 Å². The number of hydrogen-bond donors (Lipinski definition) is 2. The molecule has 0 aliphatic carbocycles. The van der Waals surface area contributed by atoms with E-state index in [1.54, 1.807) is 39.2 Å². The van der Waals surface area contributed by atoms with Gasteiger partial charge in [-0.05, 0) is 18.6 Å². The molecule has 1 aromatic carbocycles. The molecule has 1 unspecified atom stereocenters. The molecule has 0 aliphatic rings. The first-order valence-electron chi connectivity index (χ1n) is 6.14. The minimum Gasteiger partial charge on any atom is -0.478 e. The fraction of sp³-hybridized carbons (Fsp3) is 0.357. The van der Waals surface area contributed by atoms with E-state index in [-0.39, 0.29) is 23.8 Å². The SMILES string of the molecule is CC(NC(=O)Cc1ccccc1C(=O)O)C(=O)N(C)C. The van der Waals surface area contributed by atoms with Gasteiger partial charge in [0.25, 0.3) is 0 Å². The molecule has 0 bridgehead atoms. The second-order valence-electron chi connectivity index (χ2n) is 4.66. The quantitative estimate of drug-likeness (QED) is 0.822. The smallest absolute Gasteiger partial charge is 0.335 e. The van der Waals surface area contributed by atoms with Crippen LogP contribution < -0.4 is 5.32 Å². The summed E-state index contributed by atoms with van der Waals surface area (Å²) in [6.07, 6.45) is -0.0759. The maximum absolute atomic E-state index is 11.8. The average Bonchev–Trinajstić information content (AvgIpc) is 2.37. The van der Waals surface area contributed by atoms with Crippen molar-refractivity contribution in [3.63, 3.8) is 0 Å². The summed E-state index contributed by atoms with van der Waals surface area (Å²) in [7, 11) is 3.20. The van der Waals surface area contributed by atoms with Crippen molar-refractivity contribution in [1.29, 1.82) is 0 Å². The Morgan fingerprint density at radius 3 is 2.40 bits per heavy atom. The van der Waals surface area contributed by atoms with Crippen LogP contribution in [0.3, 0.4) is 0 Å². The van der Waals surface area contributed by atoms with Crippen LogP contribution in [0.4, 0.5) is 0 Å². The molecule has 0 saturated heterocycles. The molecule has 0 aliphatic heterocycles. The van der Waals surface area contributed by atoms with Crippen LogP contribution in [0.5, 0.6) is 0 Å². The van der Waals surface area contributed by atoms with E-state index < -0.39 is 12.0 Å². The highest BCUT2D eigenvalue weighted by molar-refractivity contribution is 5.92. The van der Waals surface area contributed by atoms with Crippen molar-refractivity contribution >= 4 is 17.8 Å². The average molecular weight is 278 g/mol. The summed E-state index contributed by atoms with van der Waals surface area (Å²) in [5.74, 6) is -1.68. The predicted octanol–water partition coefficient (Wildman–Crippen LogP) is 0.520. The lowest BCUT2D eigenvalue weighted by atomic mass is 10.0. The fourth-order valence-electron chi connectivity index (χ4n) is 1.80. The Balaban J connectivity index is 2.73. The highest BCUT2D eigenvalue weighted by atomic mass is 16.4. The molecule has 6 nitrogen and oxygen atoms in total. The van der Waals surface area contributed by atoms with Crippen LogP contribution in [0.1, 0.15) is 22.8 Å². The van der Waals surface area contributed by atoms with Gasteiger partial charge < -0.3 is 15.3 Å². The zero-order valence-electron chi connectivity index (χ0n) is 11.7. The molecule has 0 radical (unpaired) electrons. The Bertz CT molecular complexity index is 526. The van der Waals surface area contributed by atoms with Gasteiger partial charge in [0.2, 0.25) is 11.8 Å². The number of likely N-dealkylation sites (N-methyl/N-ethyl adjacent to an activating group) is 1. The molecular formula is C14H18N2O4. The first kappa shape index (κ1) is 15.7. The maximum Gasteiger partial charge on any atom is 0.335 e. The number of nitrogens with zero attached hydrogens (tertiary/aromatic N) is 1. The number of carboxylic acids is 1. The third-order valence-corrected chi connectivity index (χ3v) is 2.79. The van der Waals surface area contributed by atoms with Gasteiger partial charge in [-0.15, -0.1) is 0 Å². The van der Waals surface area contributed by atoms with Crippen molar-refractivity contribution in [1.82, 2.24) is 10.2 Å². The number of aromatic carboxylic acids is 1. The zero-order valence-corrected chi connectivity index (χ0v) is 11.7. The summed E-state index contributed by atoms with van der Waals surface area (Å²) in [5, 5.41) is 11.6. The van der Waals surface area contributed by atoms with Crippen LogP contribution in [-0.2, 0) is 16.0 Å². The molecule has 108 valence electrons. The lowest BCUT2D eigenvalue weighted by Crippen LogP contribution is -2.44. The highest BCUT2D eigenvalue weighted by Gasteiger charge is 2.18. The minimum atomic E-state index is -1.08. The zero-order chi connectivity index (χ0) is 15.3. The third kappa shape index (κ3) is 4.08. The van der Waals surface area contributed by atoms with E-state index in [1.807, 2.05) is 0 Å². The van der Waals surface area contributed by atoms with Gasteiger partial charge in [-0.2, -0.15) is 0 Å². The van der Waals surface area contributed by atoms with Crippen LogP contribution in [0.25, 0.3) is 0 Å². The maximum atomic E-state index is 11.8. The Labute approximate surface area is 117 Å². The molecule has 0 saturated carbocycles. The summed E-state index contributed by atoms with van der Waals surface area (Å²) in [5.41, 5.74) is 0.510. The molecule has 1 atom stereocenters. The van der Waals surface area contributed by atoms with E-state index in [0.29, 0.717) is 5.56 Å². The van der Waals surface area contributed by atoms with Crippen molar-refractivity contribution in [2.45, 2.75) is 19.4 Å². The molecule has 1 rings (SSSR count). The lowest BCUT2D eigenvalue weighted by molar-refractivity contribution is -0.133. The Kier molecular flexibility index (Phi) is 5.25. The van der Waals surface area contributed by atoms with Crippen LogP contribution in [-0.4, -0.2) is 47.9 Å². The predicted molar refractivity (Wildman–Crippen MR) is 73.4 cm³/mol. The summed E-state index contributed by atoms with van der Waals surface area (Å²) < 4.78 is 0. The van der Waals surface area contributed by atoms with Crippen LogP contribution in [0.15, 0.2) is 24.3 Å². The topological polar surface area (TPSA) is 86.7 Å². The summed E-state index contributed by atoms with van der Waals surface area (Å²) in [6, 6.07) is 5.65. The molecule has 2 amide bonds. The number of carboxylic acid groups (broad SMARTS) is 1. The van der Waals surface area contributed by atoms with E-state index in [2.05, 4.69) is 5.32 Å². The van der Waals surface area contributed by atoms with Crippen LogP contribution in [0.2, 0.25) is 0 Å². The van der Waals surface area contributed by atoms with E-state index in [4.69, 9.17) is 5.11 Å². The molecule has 2 N–H and O–H groups in total.